The first kappa shape index (κ1) is 20.1. The summed E-state index contributed by atoms with van der Waals surface area (Å²) in [4.78, 5) is 24.1. The van der Waals surface area contributed by atoms with E-state index in [4.69, 9.17) is 0 Å². The predicted molar refractivity (Wildman–Crippen MR) is 113 cm³/mol. The molecule has 1 aromatic heterocycles. The largest absolute Gasteiger partial charge is 0.346 e. The molecule has 7 nitrogen and oxygen atoms in total. The highest BCUT2D eigenvalue weighted by Gasteiger charge is 2.11. The van der Waals surface area contributed by atoms with Crippen LogP contribution in [0, 0.1) is 6.92 Å². The van der Waals surface area contributed by atoms with Gasteiger partial charge >= 0.3 is 0 Å². The topological polar surface area (TPSA) is 88.9 Å². The third-order valence-electron chi connectivity index (χ3n) is 3.79. The molecular weight excluding hydrogens is 442 g/mol. The fraction of sp³-hybridized carbons (Fsp3) is 0.158. The van der Waals surface area contributed by atoms with Gasteiger partial charge in [-0.2, -0.15) is 0 Å². The summed E-state index contributed by atoms with van der Waals surface area (Å²) in [7, 11) is 0. The molecule has 2 amide bonds. The van der Waals surface area contributed by atoms with Gasteiger partial charge in [0.1, 0.15) is 6.33 Å². The first-order valence-electron chi connectivity index (χ1n) is 8.44. The zero-order valence-electron chi connectivity index (χ0n) is 15.1. The van der Waals surface area contributed by atoms with Crippen molar-refractivity contribution in [3.63, 3.8) is 0 Å². The van der Waals surface area contributed by atoms with E-state index in [9.17, 15) is 9.59 Å². The molecule has 0 atom stereocenters. The van der Waals surface area contributed by atoms with Gasteiger partial charge in [-0.3, -0.25) is 14.2 Å². The van der Waals surface area contributed by atoms with Crippen LogP contribution in [0.15, 0.2) is 64.5 Å². The number of benzene rings is 2. The molecule has 9 heteroatoms. The van der Waals surface area contributed by atoms with Crippen LogP contribution in [0.25, 0.3) is 5.69 Å². The first-order chi connectivity index (χ1) is 13.5. The minimum Gasteiger partial charge on any atom is -0.346 e. The second-order valence-corrected chi connectivity index (χ2v) is 7.75. The molecule has 0 saturated heterocycles. The Hall–Kier alpha value is -2.65. The normalized spacial score (nSPS) is 10.5. The fourth-order valence-corrected chi connectivity index (χ4v) is 3.64. The number of aromatic nitrogens is 3. The number of hydrogen-bond donors (Lipinski definition) is 2. The summed E-state index contributed by atoms with van der Waals surface area (Å²) in [5, 5.41) is 14.0. The van der Waals surface area contributed by atoms with Crippen molar-refractivity contribution in [1.82, 2.24) is 20.1 Å². The smallest absolute Gasteiger partial charge is 0.243 e. The minimum absolute atomic E-state index is 0.0970. The fourth-order valence-electron chi connectivity index (χ4n) is 2.41. The number of amides is 2. The first-order valence-corrected chi connectivity index (χ1v) is 10.2. The van der Waals surface area contributed by atoms with Gasteiger partial charge in [0.15, 0.2) is 5.16 Å². The highest BCUT2D eigenvalue weighted by molar-refractivity contribution is 9.10. The number of nitrogens with one attached hydrogen (secondary N) is 2. The Labute approximate surface area is 175 Å². The Morgan fingerprint density at radius 1 is 1.14 bits per heavy atom. The molecule has 3 rings (SSSR count). The summed E-state index contributed by atoms with van der Waals surface area (Å²) in [5.74, 6) is -0.401. The minimum atomic E-state index is -0.281. The van der Waals surface area contributed by atoms with Crippen molar-refractivity contribution in [2.75, 3.05) is 17.6 Å². The lowest BCUT2D eigenvalue weighted by Crippen LogP contribution is -2.34. The van der Waals surface area contributed by atoms with Crippen LogP contribution < -0.4 is 10.6 Å². The van der Waals surface area contributed by atoms with Crippen molar-refractivity contribution < 1.29 is 9.59 Å². The van der Waals surface area contributed by atoms with Gasteiger partial charge in [0, 0.05) is 15.8 Å². The van der Waals surface area contributed by atoms with Gasteiger partial charge in [0.25, 0.3) is 0 Å². The number of rotatable bonds is 7. The third kappa shape index (κ3) is 5.43. The Morgan fingerprint density at radius 3 is 2.68 bits per heavy atom. The number of nitrogens with zero attached hydrogens (tertiary/aromatic N) is 3. The van der Waals surface area contributed by atoms with E-state index in [1.54, 1.807) is 10.9 Å². The average molecular weight is 460 g/mol. The van der Waals surface area contributed by atoms with Crippen LogP contribution in [0.5, 0.6) is 0 Å². The molecule has 0 aliphatic rings. The van der Waals surface area contributed by atoms with Crippen LogP contribution in [-0.4, -0.2) is 38.9 Å². The number of aryl methyl sites for hydroxylation is 1. The molecule has 0 bridgehead atoms. The molecule has 0 fully saturated rings. The molecule has 144 valence electrons. The second-order valence-electron chi connectivity index (χ2n) is 5.89. The van der Waals surface area contributed by atoms with Crippen molar-refractivity contribution in [3.8, 4) is 5.69 Å². The summed E-state index contributed by atoms with van der Waals surface area (Å²) in [6.07, 6.45) is 1.60. The number of hydrogen-bond acceptors (Lipinski definition) is 5. The maximum Gasteiger partial charge on any atom is 0.243 e. The summed E-state index contributed by atoms with van der Waals surface area (Å²) in [5.41, 5.74) is 2.57. The van der Waals surface area contributed by atoms with Gasteiger partial charge in [0.05, 0.1) is 12.3 Å². The van der Waals surface area contributed by atoms with Crippen molar-refractivity contribution in [2.45, 2.75) is 12.1 Å². The van der Waals surface area contributed by atoms with E-state index in [0.29, 0.717) is 10.8 Å². The van der Waals surface area contributed by atoms with Crippen molar-refractivity contribution >= 4 is 45.2 Å². The Kier molecular flexibility index (Phi) is 6.83. The number of halogens is 1. The Balaban J connectivity index is 1.48. The average Bonchev–Trinajstić information content (AvgIpc) is 3.16. The van der Waals surface area contributed by atoms with E-state index in [0.717, 1.165) is 15.7 Å². The standard InChI is InChI=1S/C19H18BrN5O2S/c1-13-9-14(20)7-8-16(13)23-17(26)10-21-18(27)11-28-19-24-22-12-25(19)15-5-3-2-4-6-15/h2-9,12H,10-11H2,1H3,(H,21,27)(H,23,26). The molecule has 3 aromatic rings. The van der Waals surface area contributed by atoms with Gasteiger partial charge in [-0.15, -0.1) is 10.2 Å². The number of carbonyl (C=O) groups is 2. The molecule has 0 aliphatic carbocycles. The highest BCUT2D eigenvalue weighted by atomic mass is 79.9. The number of thioether (sulfide) groups is 1. The van der Waals surface area contributed by atoms with Crippen LogP contribution in [0.4, 0.5) is 5.69 Å². The van der Waals surface area contributed by atoms with E-state index in [-0.39, 0.29) is 24.1 Å². The number of carbonyl (C=O) groups excluding carboxylic acids is 2. The summed E-state index contributed by atoms with van der Waals surface area (Å²) < 4.78 is 2.75. The zero-order chi connectivity index (χ0) is 19.9. The second kappa shape index (κ2) is 9.52. The molecule has 0 unspecified atom stereocenters. The summed E-state index contributed by atoms with van der Waals surface area (Å²) in [6.45, 7) is 1.80. The zero-order valence-corrected chi connectivity index (χ0v) is 17.5. The predicted octanol–water partition coefficient (Wildman–Crippen LogP) is 3.19. The molecular formula is C19H18BrN5O2S. The quantitative estimate of drug-likeness (QED) is 0.529. The van der Waals surface area contributed by atoms with Gasteiger partial charge in [0.2, 0.25) is 11.8 Å². The van der Waals surface area contributed by atoms with Gasteiger partial charge in [-0.05, 0) is 42.8 Å². The molecule has 0 spiro atoms. The maximum atomic E-state index is 12.1. The lowest BCUT2D eigenvalue weighted by Gasteiger charge is -2.10. The van der Waals surface area contributed by atoms with E-state index < -0.39 is 0 Å². The molecule has 2 N–H and O–H groups in total. The monoisotopic (exact) mass is 459 g/mol. The van der Waals surface area contributed by atoms with Crippen molar-refractivity contribution in [3.05, 3.63) is 64.9 Å². The van der Waals surface area contributed by atoms with E-state index >= 15 is 0 Å². The molecule has 1 heterocycles. The summed E-state index contributed by atoms with van der Waals surface area (Å²) in [6, 6.07) is 15.2. The Bertz CT molecular complexity index is 977. The van der Waals surface area contributed by atoms with Crippen LogP contribution in [-0.2, 0) is 9.59 Å². The SMILES string of the molecule is Cc1cc(Br)ccc1NC(=O)CNC(=O)CSc1nncn1-c1ccccc1. The summed E-state index contributed by atoms with van der Waals surface area (Å²) >= 11 is 4.64. The number of para-hydroxylation sites is 1. The maximum absolute atomic E-state index is 12.1. The lowest BCUT2D eigenvalue weighted by molar-refractivity contribution is -0.122. The van der Waals surface area contributed by atoms with Crippen LogP contribution >= 0.6 is 27.7 Å². The molecule has 0 aliphatic heterocycles. The third-order valence-corrected chi connectivity index (χ3v) is 5.23. The highest BCUT2D eigenvalue weighted by Crippen LogP contribution is 2.20. The molecule has 2 aromatic carbocycles. The van der Waals surface area contributed by atoms with E-state index in [2.05, 4.69) is 36.8 Å². The molecule has 0 saturated carbocycles. The van der Waals surface area contributed by atoms with E-state index in [1.807, 2.05) is 55.5 Å². The lowest BCUT2D eigenvalue weighted by atomic mass is 10.2. The molecule has 0 radical (unpaired) electrons. The van der Waals surface area contributed by atoms with E-state index in [1.165, 1.54) is 11.8 Å². The van der Waals surface area contributed by atoms with Crippen LogP contribution in [0.2, 0.25) is 0 Å². The van der Waals surface area contributed by atoms with Gasteiger partial charge < -0.3 is 10.6 Å². The van der Waals surface area contributed by atoms with Crippen molar-refractivity contribution in [2.24, 2.45) is 0 Å². The molecule has 28 heavy (non-hydrogen) atoms. The van der Waals surface area contributed by atoms with Crippen LogP contribution in [0.3, 0.4) is 0 Å². The van der Waals surface area contributed by atoms with Crippen molar-refractivity contribution in [1.29, 1.82) is 0 Å². The van der Waals surface area contributed by atoms with Crippen LogP contribution in [0.1, 0.15) is 5.56 Å². The van der Waals surface area contributed by atoms with Gasteiger partial charge in [-0.25, -0.2) is 0 Å². The Morgan fingerprint density at radius 2 is 1.93 bits per heavy atom. The van der Waals surface area contributed by atoms with Gasteiger partial charge in [-0.1, -0.05) is 45.9 Å². The number of anilines is 1.